The molecule has 0 aliphatic rings. The van der Waals surface area contributed by atoms with Crippen molar-refractivity contribution in [3.63, 3.8) is 0 Å². The second-order valence-electron chi connectivity index (χ2n) is 4.29. The molecule has 1 unspecified atom stereocenters. The molecule has 1 aromatic rings. The van der Waals surface area contributed by atoms with Crippen LogP contribution < -0.4 is 5.32 Å². The number of halogens is 4. The number of likely N-dealkylation sites (N-methyl/N-ethyl adjacent to an activating group) is 1. The lowest BCUT2D eigenvalue weighted by Crippen LogP contribution is -2.37. The molecule has 3 nitrogen and oxygen atoms in total. The first-order valence-corrected chi connectivity index (χ1v) is 5.85. The highest BCUT2D eigenvalue weighted by Gasteiger charge is 2.34. The van der Waals surface area contributed by atoms with Crippen molar-refractivity contribution in [3.8, 4) is 0 Å². The third-order valence-electron chi connectivity index (χ3n) is 2.47. The number of nitrogens with zero attached hydrogens (tertiary/aromatic N) is 1. The number of benzene rings is 1. The Balaban J connectivity index is 3.05. The van der Waals surface area contributed by atoms with Crippen LogP contribution in [0.1, 0.15) is 12.5 Å². The van der Waals surface area contributed by atoms with Crippen LogP contribution in [0.3, 0.4) is 0 Å². The van der Waals surface area contributed by atoms with Crippen LogP contribution in [0.15, 0.2) is 18.2 Å². The smallest absolute Gasteiger partial charge is 0.373 e. The van der Waals surface area contributed by atoms with Crippen molar-refractivity contribution >= 4 is 23.2 Å². The first-order valence-electron chi connectivity index (χ1n) is 5.47. The maximum Gasteiger partial charge on any atom is 0.418 e. The quantitative estimate of drug-likeness (QED) is 0.928. The molecule has 106 valence electrons. The van der Waals surface area contributed by atoms with E-state index in [1.807, 2.05) is 0 Å². The van der Waals surface area contributed by atoms with Gasteiger partial charge in [-0.25, -0.2) is 0 Å². The number of anilines is 1. The fraction of sp³-hybridized carbons (Fsp3) is 0.417. The van der Waals surface area contributed by atoms with Crippen molar-refractivity contribution in [1.29, 1.82) is 0 Å². The van der Waals surface area contributed by atoms with Crippen molar-refractivity contribution < 1.29 is 18.0 Å². The van der Waals surface area contributed by atoms with Gasteiger partial charge in [-0.05, 0) is 25.1 Å². The Hall–Kier alpha value is -1.43. The van der Waals surface area contributed by atoms with Crippen molar-refractivity contribution in [1.82, 2.24) is 4.90 Å². The summed E-state index contributed by atoms with van der Waals surface area (Å²) in [7, 11) is 3.07. The largest absolute Gasteiger partial charge is 0.418 e. The lowest BCUT2D eigenvalue weighted by molar-refractivity contribution is -0.137. The number of carbonyl (C=O) groups is 1. The van der Waals surface area contributed by atoms with Gasteiger partial charge in [0.2, 0.25) is 5.91 Å². The van der Waals surface area contributed by atoms with E-state index in [2.05, 4.69) is 5.32 Å². The molecule has 1 amide bonds. The summed E-state index contributed by atoms with van der Waals surface area (Å²) in [5.74, 6) is -0.317. The Labute approximate surface area is 114 Å². The van der Waals surface area contributed by atoms with Crippen molar-refractivity contribution in [2.24, 2.45) is 0 Å². The molecule has 0 heterocycles. The van der Waals surface area contributed by atoms with E-state index < -0.39 is 17.8 Å². The molecular weight excluding hydrogens is 281 g/mol. The molecule has 0 spiro atoms. The molecule has 0 radical (unpaired) electrons. The average molecular weight is 295 g/mol. The fourth-order valence-corrected chi connectivity index (χ4v) is 1.73. The highest BCUT2D eigenvalue weighted by Crippen LogP contribution is 2.36. The zero-order valence-electron chi connectivity index (χ0n) is 10.7. The Morgan fingerprint density at radius 1 is 1.37 bits per heavy atom. The Morgan fingerprint density at radius 2 is 1.95 bits per heavy atom. The van der Waals surface area contributed by atoms with Crippen molar-refractivity contribution in [2.75, 3.05) is 19.4 Å². The second-order valence-corrected chi connectivity index (χ2v) is 4.72. The number of hydrogen-bond donors (Lipinski definition) is 1. The van der Waals surface area contributed by atoms with Crippen LogP contribution in [0.2, 0.25) is 5.02 Å². The van der Waals surface area contributed by atoms with Gasteiger partial charge in [0.15, 0.2) is 0 Å². The molecule has 0 saturated carbocycles. The monoisotopic (exact) mass is 294 g/mol. The molecule has 1 atom stereocenters. The number of alkyl halides is 3. The van der Waals surface area contributed by atoms with Crippen molar-refractivity contribution in [2.45, 2.75) is 19.1 Å². The molecule has 0 aromatic heterocycles. The van der Waals surface area contributed by atoms with Crippen LogP contribution >= 0.6 is 11.6 Å². The van der Waals surface area contributed by atoms with Gasteiger partial charge in [-0.1, -0.05) is 11.6 Å². The van der Waals surface area contributed by atoms with Gasteiger partial charge in [-0.2, -0.15) is 13.2 Å². The van der Waals surface area contributed by atoms with Crippen LogP contribution in [-0.2, 0) is 11.0 Å². The third kappa shape index (κ3) is 4.02. The SMILES string of the molecule is CC(Nc1ccc(Cl)cc1C(F)(F)F)C(=O)N(C)C. The van der Waals surface area contributed by atoms with E-state index in [-0.39, 0.29) is 16.6 Å². The number of carbonyl (C=O) groups excluding carboxylic acids is 1. The van der Waals surface area contributed by atoms with Gasteiger partial charge >= 0.3 is 6.18 Å². The highest BCUT2D eigenvalue weighted by molar-refractivity contribution is 6.30. The average Bonchev–Trinajstić information content (AvgIpc) is 2.28. The Bertz CT molecular complexity index is 475. The van der Waals surface area contributed by atoms with Crippen LogP contribution in [0.4, 0.5) is 18.9 Å². The molecule has 1 aromatic carbocycles. The fourth-order valence-electron chi connectivity index (χ4n) is 1.56. The lowest BCUT2D eigenvalue weighted by Gasteiger charge is -2.21. The summed E-state index contributed by atoms with van der Waals surface area (Å²) in [6, 6.07) is 2.62. The minimum atomic E-state index is -4.53. The summed E-state index contributed by atoms with van der Waals surface area (Å²) in [5, 5.41) is 2.55. The molecule has 0 aliphatic heterocycles. The minimum absolute atomic E-state index is 0.00976. The zero-order chi connectivity index (χ0) is 14.8. The summed E-state index contributed by atoms with van der Waals surface area (Å²) < 4.78 is 38.5. The van der Waals surface area contributed by atoms with Crippen LogP contribution in [-0.4, -0.2) is 30.9 Å². The third-order valence-corrected chi connectivity index (χ3v) is 2.71. The van der Waals surface area contributed by atoms with Crippen LogP contribution in [0, 0.1) is 0 Å². The predicted octanol–water partition coefficient (Wildman–Crippen LogP) is 3.25. The van der Waals surface area contributed by atoms with E-state index in [4.69, 9.17) is 11.6 Å². The minimum Gasteiger partial charge on any atom is -0.373 e. The van der Waals surface area contributed by atoms with Gasteiger partial charge in [0.05, 0.1) is 5.56 Å². The van der Waals surface area contributed by atoms with Gasteiger partial charge in [0, 0.05) is 24.8 Å². The van der Waals surface area contributed by atoms with Gasteiger partial charge < -0.3 is 10.2 Å². The molecular formula is C12H14ClF3N2O. The van der Waals surface area contributed by atoms with E-state index >= 15 is 0 Å². The number of hydrogen-bond acceptors (Lipinski definition) is 2. The molecule has 7 heteroatoms. The first kappa shape index (κ1) is 15.6. The predicted molar refractivity (Wildman–Crippen MR) is 68.2 cm³/mol. The molecule has 1 N–H and O–H groups in total. The number of amides is 1. The molecule has 0 aliphatic carbocycles. The summed E-state index contributed by atoms with van der Waals surface area (Å²) in [4.78, 5) is 12.9. The van der Waals surface area contributed by atoms with Gasteiger partial charge in [-0.15, -0.1) is 0 Å². The second kappa shape index (κ2) is 5.69. The van der Waals surface area contributed by atoms with E-state index in [0.29, 0.717) is 0 Å². The molecule has 0 saturated heterocycles. The van der Waals surface area contributed by atoms with Crippen LogP contribution in [0.5, 0.6) is 0 Å². The molecule has 0 bridgehead atoms. The van der Waals surface area contributed by atoms with E-state index in [9.17, 15) is 18.0 Å². The Morgan fingerprint density at radius 3 is 2.42 bits per heavy atom. The van der Waals surface area contributed by atoms with E-state index in [0.717, 1.165) is 6.07 Å². The van der Waals surface area contributed by atoms with Gasteiger partial charge in [0.25, 0.3) is 0 Å². The lowest BCUT2D eigenvalue weighted by atomic mass is 10.1. The maximum absolute atomic E-state index is 12.8. The van der Waals surface area contributed by atoms with Crippen molar-refractivity contribution in [3.05, 3.63) is 28.8 Å². The number of nitrogens with one attached hydrogen (secondary N) is 1. The standard InChI is InChI=1S/C12H14ClF3N2O/c1-7(11(19)18(2)3)17-10-5-4-8(13)6-9(10)12(14,15)16/h4-7,17H,1-3H3. The van der Waals surface area contributed by atoms with Gasteiger partial charge in [0.1, 0.15) is 6.04 Å². The zero-order valence-corrected chi connectivity index (χ0v) is 11.4. The van der Waals surface area contributed by atoms with Gasteiger partial charge in [-0.3, -0.25) is 4.79 Å². The van der Waals surface area contributed by atoms with E-state index in [1.54, 1.807) is 0 Å². The van der Waals surface area contributed by atoms with Crippen LogP contribution in [0.25, 0.3) is 0 Å². The highest BCUT2D eigenvalue weighted by atomic mass is 35.5. The Kier molecular flexibility index (Phi) is 4.68. The molecule has 1 rings (SSSR count). The topological polar surface area (TPSA) is 32.3 Å². The van der Waals surface area contributed by atoms with E-state index in [1.165, 1.54) is 38.1 Å². The normalized spacial score (nSPS) is 13.0. The summed E-state index contributed by atoms with van der Waals surface area (Å²) in [5.41, 5.74) is -1.06. The molecule has 19 heavy (non-hydrogen) atoms. The maximum atomic E-state index is 12.8. The summed E-state index contributed by atoms with van der Waals surface area (Å²) >= 11 is 5.57. The summed E-state index contributed by atoms with van der Waals surface area (Å²) in [6.07, 6.45) is -4.53. The summed E-state index contributed by atoms with van der Waals surface area (Å²) in [6.45, 7) is 1.50. The first-order chi connectivity index (χ1) is 8.62. The molecule has 0 fully saturated rings. The number of rotatable bonds is 3.